The molecule has 0 saturated carbocycles. The van der Waals surface area contributed by atoms with Gasteiger partial charge in [0, 0.05) is 34.0 Å². The summed E-state index contributed by atoms with van der Waals surface area (Å²) >= 11 is 0. The molecule has 10 rings (SSSR count). The lowest BCUT2D eigenvalue weighted by molar-refractivity contribution is 0.403. The maximum atomic E-state index is 2.75. The maximum Gasteiger partial charge on any atom is 0.252 e. The Bertz CT molecular complexity index is 3160. The van der Waals surface area contributed by atoms with Crippen LogP contribution in [0, 0.1) is 6.92 Å². The summed E-state index contributed by atoms with van der Waals surface area (Å²) in [6, 6.07) is 40.2. The van der Waals surface area contributed by atoms with Gasteiger partial charge >= 0.3 is 0 Å². The minimum Gasteiger partial charge on any atom is -0.311 e. The second-order valence-corrected chi connectivity index (χ2v) is 29.1. The van der Waals surface area contributed by atoms with Gasteiger partial charge in [-0.2, -0.15) is 0 Å². The zero-order valence-corrected chi connectivity index (χ0v) is 47.1. The average Bonchev–Trinajstić information content (AvgIpc) is 3.54. The molecule has 0 atom stereocenters. The van der Waals surface area contributed by atoms with E-state index in [0.29, 0.717) is 0 Å². The first-order chi connectivity index (χ1) is 32.1. The Balaban J connectivity index is 1.38. The summed E-state index contributed by atoms with van der Waals surface area (Å²) in [6.45, 7) is 50.5. The number of aryl methyl sites for hydroxylation is 1. The van der Waals surface area contributed by atoms with Crippen molar-refractivity contribution in [2.45, 2.75) is 202 Å². The summed E-state index contributed by atoms with van der Waals surface area (Å²) in [5.41, 5.74) is 27.2. The third kappa shape index (κ3) is 7.55. The molecule has 2 aliphatic carbocycles. The van der Waals surface area contributed by atoms with Crippen molar-refractivity contribution in [1.82, 2.24) is 0 Å². The minimum absolute atomic E-state index is 0.0155. The lowest BCUT2D eigenvalue weighted by Gasteiger charge is -2.46. The van der Waals surface area contributed by atoms with Crippen LogP contribution in [-0.4, -0.2) is 6.71 Å². The van der Waals surface area contributed by atoms with E-state index in [9.17, 15) is 0 Å². The fraction of sp³-hybridized carbons (Fsp3) is 0.463. The average molecular weight is 927 g/mol. The SMILES string of the molecule is Cc1ccc(C(C)(C)C)cc1N1c2cc(C(C)(C)C)ccc2B2c3cc4c(cc3N(c3ccc(C(C)(C)C)cc3-c3ccc5c(c3)C(C)(C)CC5(C)C)c3cc(C(C)(C)C)cc1c32)C(C)(C)CC4(C)C. The molecular formula is C67H83BN2. The van der Waals surface area contributed by atoms with Gasteiger partial charge in [0.25, 0.3) is 6.71 Å². The molecule has 2 heterocycles. The molecule has 0 unspecified atom stereocenters. The van der Waals surface area contributed by atoms with Crippen molar-refractivity contribution >= 4 is 57.2 Å². The highest BCUT2D eigenvalue weighted by Crippen LogP contribution is 2.56. The van der Waals surface area contributed by atoms with Crippen LogP contribution in [0.25, 0.3) is 11.1 Å². The Hall–Kier alpha value is -5.02. The summed E-state index contributed by atoms with van der Waals surface area (Å²) < 4.78 is 0. The number of benzene rings is 6. The molecule has 0 fully saturated rings. The monoisotopic (exact) mass is 927 g/mol. The fourth-order valence-corrected chi connectivity index (χ4v) is 13.8. The van der Waals surface area contributed by atoms with Gasteiger partial charge in [0.1, 0.15) is 0 Å². The molecule has 0 bridgehead atoms. The van der Waals surface area contributed by atoms with E-state index in [1.807, 2.05) is 0 Å². The van der Waals surface area contributed by atoms with Crippen molar-refractivity contribution in [2.24, 2.45) is 0 Å². The Kier molecular flexibility index (Phi) is 10.4. The van der Waals surface area contributed by atoms with Gasteiger partial charge in [0.05, 0.1) is 5.69 Å². The number of fused-ring (bicyclic) bond motifs is 6. The van der Waals surface area contributed by atoms with Crippen LogP contribution < -0.4 is 26.2 Å². The lowest BCUT2D eigenvalue weighted by Crippen LogP contribution is -2.62. The Morgan fingerprint density at radius 2 is 0.800 bits per heavy atom. The topological polar surface area (TPSA) is 6.48 Å². The molecule has 3 heteroatoms. The number of nitrogens with zero attached hydrogens (tertiary/aromatic N) is 2. The quantitative estimate of drug-likeness (QED) is 0.163. The molecule has 0 spiro atoms. The molecule has 364 valence electrons. The molecule has 0 amide bonds. The fourth-order valence-electron chi connectivity index (χ4n) is 13.8. The molecule has 70 heavy (non-hydrogen) atoms. The first kappa shape index (κ1) is 48.6. The normalized spacial score (nSPS) is 18.3. The number of hydrogen-bond acceptors (Lipinski definition) is 2. The standard InChI is InChI=1S/C67H83BN2/c1-40-22-24-43(61(5,6)7)32-54(40)70-55-33-44(62(8,9)10)25-28-51(55)68-52-36-49-50(67(20,21)39-66(49,18)19)37-56(52)69(57-34-45(63(11,12)13)35-58(70)59(57)68)53-29-26-42(60(2,3)4)31-46(53)41-23-27-47-48(30-41)65(16,17)38-64(47,14)15/h22-37H,38-39H2,1-21H3. The summed E-state index contributed by atoms with van der Waals surface area (Å²) in [6.07, 6.45) is 2.26. The predicted molar refractivity (Wildman–Crippen MR) is 307 cm³/mol. The third-order valence-corrected chi connectivity index (χ3v) is 17.4. The van der Waals surface area contributed by atoms with E-state index >= 15 is 0 Å². The van der Waals surface area contributed by atoms with Crippen LogP contribution in [0.4, 0.5) is 34.1 Å². The van der Waals surface area contributed by atoms with Gasteiger partial charge in [0.2, 0.25) is 0 Å². The molecule has 4 aliphatic rings. The van der Waals surface area contributed by atoms with E-state index in [2.05, 4.69) is 252 Å². The molecule has 0 saturated heterocycles. The Morgan fingerprint density at radius 3 is 1.36 bits per heavy atom. The highest BCUT2D eigenvalue weighted by Gasteiger charge is 2.49. The predicted octanol–water partition coefficient (Wildman–Crippen LogP) is 16.9. The van der Waals surface area contributed by atoms with Crippen LogP contribution >= 0.6 is 0 Å². The zero-order valence-electron chi connectivity index (χ0n) is 47.1. The van der Waals surface area contributed by atoms with Gasteiger partial charge in [-0.3, -0.25) is 0 Å². The van der Waals surface area contributed by atoms with E-state index < -0.39 is 0 Å². The van der Waals surface area contributed by atoms with E-state index in [1.54, 1.807) is 0 Å². The molecule has 0 N–H and O–H groups in total. The summed E-state index contributed by atoms with van der Waals surface area (Å²) in [5.74, 6) is 0. The van der Waals surface area contributed by atoms with Gasteiger partial charge in [-0.05, 0) is 178 Å². The van der Waals surface area contributed by atoms with Crippen LogP contribution in [0.3, 0.4) is 0 Å². The number of hydrogen-bond donors (Lipinski definition) is 0. The maximum absolute atomic E-state index is 2.75. The van der Waals surface area contributed by atoms with Crippen LogP contribution in [0.1, 0.15) is 201 Å². The van der Waals surface area contributed by atoms with Gasteiger partial charge in [-0.1, -0.05) is 193 Å². The van der Waals surface area contributed by atoms with Gasteiger partial charge < -0.3 is 9.80 Å². The van der Waals surface area contributed by atoms with Crippen LogP contribution in [0.15, 0.2) is 97.1 Å². The van der Waals surface area contributed by atoms with E-state index in [1.165, 1.54) is 112 Å². The Labute approximate surface area is 424 Å². The summed E-state index contributed by atoms with van der Waals surface area (Å²) in [7, 11) is 0. The van der Waals surface area contributed by atoms with Crippen LogP contribution in [0.5, 0.6) is 0 Å². The van der Waals surface area contributed by atoms with Gasteiger partial charge in [-0.25, -0.2) is 0 Å². The van der Waals surface area contributed by atoms with Crippen LogP contribution in [0.2, 0.25) is 0 Å². The highest BCUT2D eigenvalue weighted by molar-refractivity contribution is 7.00. The van der Waals surface area contributed by atoms with Gasteiger partial charge in [0.15, 0.2) is 0 Å². The van der Waals surface area contributed by atoms with Crippen molar-refractivity contribution in [2.75, 3.05) is 9.80 Å². The summed E-state index contributed by atoms with van der Waals surface area (Å²) in [4.78, 5) is 5.44. The minimum atomic E-state index is -0.129. The lowest BCUT2D eigenvalue weighted by atomic mass is 9.33. The van der Waals surface area contributed by atoms with Crippen molar-refractivity contribution < 1.29 is 0 Å². The third-order valence-electron chi connectivity index (χ3n) is 17.4. The molecule has 2 aliphatic heterocycles. The van der Waals surface area contributed by atoms with E-state index in [4.69, 9.17) is 0 Å². The van der Waals surface area contributed by atoms with Crippen molar-refractivity contribution in [3.8, 4) is 11.1 Å². The molecule has 2 nitrogen and oxygen atoms in total. The van der Waals surface area contributed by atoms with Crippen LogP contribution in [-0.2, 0) is 43.3 Å². The first-order valence-electron chi connectivity index (χ1n) is 26.6. The van der Waals surface area contributed by atoms with Crippen molar-refractivity contribution in [3.05, 3.63) is 147 Å². The van der Waals surface area contributed by atoms with Crippen molar-refractivity contribution in [1.29, 1.82) is 0 Å². The molecular weight excluding hydrogens is 844 g/mol. The molecule has 0 radical (unpaired) electrons. The van der Waals surface area contributed by atoms with Crippen molar-refractivity contribution in [3.63, 3.8) is 0 Å². The number of rotatable bonds is 3. The second-order valence-electron chi connectivity index (χ2n) is 29.1. The second kappa shape index (κ2) is 15.0. The molecule has 0 aromatic heterocycles. The molecule has 6 aromatic rings. The smallest absolute Gasteiger partial charge is 0.252 e. The van der Waals surface area contributed by atoms with E-state index in [-0.39, 0.29) is 50.0 Å². The Morgan fingerprint density at radius 1 is 0.371 bits per heavy atom. The van der Waals surface area contributed by atoms with Gasteiger partial charge in [-0.15, -0.1) is 0 Å². The molecule has 6 aromatic carbocycles. The first-order valence-corrected chi connectivity index (χ1v) is 26.6. The largest absolute Gasteiger partial charge is 0.311 e. The zero-order chi connectivity index (χ0) is 51.0. The highest BCUT2D eigenvalue weighted by atomic mass is 15.2. The summed E-state index contributed by atoms with van der Waals surface area (Å²) in [5, 5.41) is 0. The number of anilines is 6. The van der Waals surface area contributed by atoms with E-state index in [0.717, 1.165) is 12.8 Å².